The minimum atomic E-state index is -0.456. The molecular weight excluding hydrogens is 414 g/mol. The van der Waals surface area contributed by atoms with E-state index in [1.807, 2.05) is 24.3 Å². The zero-order valence-electron chi connectivity index (χ0n) is 20.4. The molecule has 2 aromatic carbocycles. The molecular formula is C27H35N3O3. The molecule has 2 aromatic rings. The quantitative estimate of drug-likeness (QED) is 0.601. The number of para-hydroxylation sites is 1. The summed E-state index contributed by atoms with van der Waals surface area (Å²) >= 11 is 0. The van der Waals surface area contributed by atoms with Gasteiger partial charge in [0, 0.05) is 38.0 Å². The fourth-order valence-electron chi connectivity index (χ4n) is 4.46. The van der Waals surface area contributed by atoms with Gasteiger partial charge >= 0.3 is 6.09 Å². The number of hydroxylamine groups is 2. The molecule has 176 valence electrons. The Labute approximate surface area is 196 Å². The minimum absolute atomic E-state index is 0.129. The Morgan fingerprint density at radius 2 is 1.76 bits per heavy atom. The van der Waals surface area contributed by atoms with Gasteiger partial charge in [0.15, 0.2) is 0 Å². The van der Waals surface area contributed by atoms with Gasteiger partial charge < -0.3 is 9.68 Å². The van der Waals surface area contributed by atoms with Crippen LogP contribution in [0.5, 0.6) is 0 Å². The molecule has 1 N–H and O–H groups in total. The first-order valence-electron chi connectivity index (χ1n) is 11.8. The average molecular weight is 450 g/mol. The summed E-state index contributed by atoms with van der Waals surface area (Å²) in [6, 6.07) is 16.5. The SMILES string of the molecule is CC(C)c1ccccc1NC(=O)ON1CCC2(CC1)CC(c1ccc(C(C)(C)C)cc1)=NO2. The molecule has 0 bridgehead atoms. The number of benzene rings is 2. The summed E-state index contributed by atoms with van der Waals surface area (Å²) in [5.74, 6) is 0.315. The van der Waals surface area contributed by atoms with Crippen LogP contribution < -0.4 is 5.32 Å². The molecule has 2 heterocycles. The van der Waals surface area contributed by atoms with Gasteiger partial charge in [-0.1, -0.05) is 82.2 Å². The molecule has 0 saturated carbocycles. The second-order valence-electron chi connectivity index (χ2n) is 10.5. The summed E-state index contributed by atoms with van der Waals surface area (Å²) in [6.07, 6.45) is 1.84. The third-order valence-corrected chi connectivity index (χ3v) is 6.59. The monoisotopic (exact) mass is 449 g/mol. The van der Waals surface area contributed by atoms with Crippen LogP contribution in [-0.4, -0.2) is 35.6 Å². The van der Waals surface area contributed by atoms with Crippen LogP contribution in [-0.2, 0) is 15.1 Å². The lowest BCUT2D eigenvalue weighted by Crippen LogP contribution is -2.45. The van der Waals surface area contributed by atoms with Crippen molar-refractivity contribution < 1.29 is 14.5 Å². The second kappa shape index (κ2) is 9.18. The smallest absolute Gasteiger partial charge is 0.388 e. The van der Waals surface area contributed by atoms with Gasteiger partial charge in [0.25, 0.3) is 0 Å². The lowest BCUT2D eigenvalue weighted by Gasteiger charge is -2.35. The van der Waals surface area contributed by atoms with Gasteiger partial charge in [-0.15, -0.1) is 5.06 Å². The molecule has 0 radical (unpaired) electrons. The molecule has 1 fully saturated rings. The third kappa shape index (κ3) is 5.38. The molecule has 6 heteroatoms. The maximum Gasteiger partial charge on any atom is 0.430 e. The van der Waals surface area contributed by atoms with E-state index in [1.54, 1.807) is 5.06 Å². The number of hydrogen-bond acceptors (Lipinski definition) is 5. The van der Waals surface area contributed by atoms with E-state index >= 15 is 0 Å². The number of nitrogens with one attached hydrogen (secondary N) is 1. The Morgan fingerprint density at radius 1 is 1.09 bits per heavy atom. The lowest BCUT2D eigenvalue weighted by molar-refractivity contribution is -0.154. The Morgan fingerprint density at radius 3 is 2.39 bits per heavy atom. The van der Waals surface area contributed by atoms with Gasteiger partial charge in [-0.3, -0.25) is 5.32 Å². The van der Waals surface area contributed by atoms with Crippen molar-refractivity contribution in [3.63, 3.8) is 0 Å². The van der Waals surface area contributed by atoms with Crippen molar-refractivity contribution in [3.8, 4) is 0 Å². The van der Waals surface area contributed by atoms with E-state index in [0.717, 1.165) is 41.8 Å². The first-order valence-corrected chi connectivity index (χ1v) is 11.8. The van der Waals surface area contributed by atoms with E-state index in [9.17, 15) is 4.79 Å². The van der Waals surface area contributed by atoms with E-state index in [0.29, 0.717) is 19.0 Å². The Kier molecular flexibility index (Phi) is 6.48. The van der Waals surface area contributed by atoms with Crippen LogP contribution in [0.2, 0.25) is 0 Å². The van der Waals surface area contributed by atoms with Crippen molar-refractivity contribution in [1.29, 1.82) is 0 Å². The van der Waals surface area contributed by atoms with Crippen LogP contribution in [0, 0.1) is 0 Å². The van der Waals surface area contributed by atoms with Gasteiger partial charge in [0.1, 0.15) is 5.60 Å². The summed E-state index contributed by atoms with van der Waals surface area (Å²) in [5.41, 5.74) is 5.12. The highest BCUT2D eigenvalue weighted by Crippen LogP contribution is 2.36. The van der Waals surface area contributed by atoms with Crippen molar-refractivity contribution >= 4 is 17.5 Å². The predicted molar refractivity (Wildman–Crippen MR) is 132 cm³/mol. The molecule has 4 rings (SSSR count). The van der Waals surface area contributed by atoms with Crippen molar-refractivity contribution in [1.82, 2.24) is 5.06 Å². The van der Waals surface area contributed by atoms with Gasteiger partial charge in [0.05, 0.1) is 5.71 Å². The molecule has 0 aliphatic carbocycles. The van der Waals surface area contributed by atoms with Crippen molar-refractivity contribution in [2.24, 2.45) is 5.16 Å². The van der Waals surface area contributed by atoms with Gasteiger partial charge in [-0.05, 0) is 34.1 Å². The van der Waals surface area contributed by atoms with Crippen LogP contribution >= 0.6 is 0 Å². The van der Waals surface area contributed by atoms with E-state index in [4.69, 9.17) is 9.68 Å². The average Bonchev–Trinajstić information content (AvgIpc) is 3.19. The highest BCUT2D eigenvalue weighted by Gasteiger charge is 2.43. The van der Waals surface area contributed by atoms with Gasteiger partial charge in [-0.25, -0.2) is 4.79 Å². The maximum absolute atomic E-state index is 12.5. The number of carbonyl (C=O) groups is 1. The number of anilines is 1. The number of amides is 1. The first kappa shape index (κ1) is 23.3. The zero-order valence-corrected chi connectivity index (χ0v) is 20.4. The maximum atomic E-state index is 12.5. The van der Waals surface area contributed by atoms with E-state index in [1.165, 1.54) is 5.56 Å². The van der Waals surface area contributed by atoms with Crippen molar-refractivity contribution in [3.05, 3.63) is 65.2 Å². The summed E-state index contributed by atoms with van der Waals surface area (Å²) < 4.78 is 0. The predicted octanol–water partition coefficient (Wildman–Crippen LogP) is 6.23. The van der Waals surface area contributed by atoms with Gasteiger partial charge in [0.2, 0.25) is 0 Å². The Bertz CT molecular complexity index is 1010. The Balaban J connectivity index is 1.29. The summed E-state index contributed by atoms with van der Waals surface area (Å²) in [7, 11) is 0. The largest absolute Gasteiger partial charge is 0.430 e. The number of hydrogen-bond donors (Lipinski definition) is 1. The third-order valence-electron chi connectivity index (χ3n) is 6.59. The van der Waals surface area contributed by atoms with Crippen LogP contribution in [0.1, 0.15) is 76.5 Å². The van der Waals surface area contributed by atoms with Crippen LogP contribution in [0.15, 0.2) is 53.7 Å². The van der Waals surface area contributed by atoms with Gasteiger partial charge in [-0.2, -0.15) is 0 Å². The van der Waals surface area contributed by atoms with E-state index in [2.05, 4.69) is 69.4 Å². The molecule has 1 saturated heterocycles. The highest BCUT2D eigenvalue weighted by molar-refractivity contribution is 6.01. The lowest BCUT2D eigenvalue weighted by atomic mass is 9.84. The number of rotatable bonds is 4. The standard InChI is InChI=1S/C27H35N3O3/c1-19(2)22-8-6-7-9-23(22)28-25(31)32-30-16-14-27(15-17-30)18-24(29-33-27)20-10-12-21(13-11-20)26(3,4)5/h6-13,19H,14-18H2,1-5H3,(H,28,31). The molecule has 2 aliphatic rings. The van der Waals surface area contributed by atoms with E-state index in [-0.39, 0.29) is 11.0 Å². The molecule has 33 heavy (non-hydrogen) atoms. The summed E-state index contributed by atoms with van der Waals surface area (Å²) in [4.78, 5) is 24.0. The molecule has 0 unspecified atom stereocenters. The second-order valence-corrected chi connectivity index (χ2v) is 10.5. The molecule has 0 atom stereocenters. The molecule has 1 spiro atoms. The van der Waals surface area contributed by atoms with Crippen molar-refractivity contribution in [2.45, 2.75) is 70.8 Å². The first-order chi connectivity index (χ1) is 15.7. The molecule has 2 aliphatic heterocycles. The number of carbonyl (C=O) groups excluding carboxylic acids is 1. The van der Waals surface area contributed by atoms with Crippen LogP contribution in [0.4, 0.5) is 10.5 Å². The topological polar surface area (TPSA) is 63.2 Å². The Hall–Kier alpha value is -2.86. The molecule has 0 aromatic heterocycles. The molecule has 1 amide bonds. The fourth-order valence-corrected chi connectivity index (χ4v) is 4.46. The van der Waals surface area contributed by atoms with E-state index < -0.39 is 6.09 Å². The normalized spacial score (nSPS) is 18.2. The zero-order chi connectivity index (χ0) is 23.6. The van der Waals surface area contributed by atoms with Crippen LogP contribution in [0.25, 0.3) is 0 Å². The molecule has 6 nitrogen and oxygen atoms in total. The summed E-state index contributed by atoms with van der Waals surface area (Å²) in [6.45, 7) is 12.1. The van der Waals surface area contributed by atoms with Crippen LogP contribution in [0.3, 0.4) is 0 Å². The minimum Gasteiger partial charge on any atom is -0.388 e. The number of nitrogens with zero attached hydrogens (tertiary/aromatic N) is 2. The summed E-state index contributed by atoms with van der Waals surface area (Å²) in [5, 5.41) is 9.03. The highest BCUT2D eigenvalue weighted by atomic mass is 16.7. The number of oxime groups is 1. The fraction of sp³-hybridized carbons (Fsp3) is 0.481. The van der Waals surface area contributed by atoms with Crippen molar-refractivity contribution in [2.75, 3.05) is 18.4 Å². The number of piperidine rings is 1.